The Balaban J connectivity index is 2.14. The van der Waals surface area contributed by atoms with Crippen LogP contribution in [0.1, 0.15) is 16.1 Å². The molecule has 1 aromatic carbocycles. The van der Waals surface area contributed by atoms with Crippen LogP contribution in [0, 0.1) is 0 Å². The number of carbonyl (C=O) groups excluding carboxylic acids is 1. The molecule has 4 nitrogen and oxygen atoms in total. The van der Waals surface area contributed by atoms with Crippen molar-refractivity contribution in [2.24, 2.45) is 0 Å². The minimum absolute atomic E-state index is 0.165. The Kier molecular flexibility index (Phi) is 4.17. The van der Waals surface area contributed by atoms with Gasteiger partial charge in [0, 0.05) is 23.3 Å². The molecular weight excluding hydrogens is 332 g/mol. The second kappa shape index (κ2) is 5.67. The standard InChI is InChI=1S/C13H12BrClN2O2/c1-17(7-11-2-3-12(14)19-11)13(18)8-4-9(15)6-10(16)5-8/h2-6H,7,16H2,1H3. The van der Waals surface area contributed by atoms with Gasteiger partial charge in [-0.1, -0.05) is 11.6 Å². The van der Waals surface area contributed by atoms with Gasteiger partial charge in [0.25, 0.3) is 5.91 Å². The minimum Gasteiger partial charge on any atom is -0.452 e. The molecule has 1 heterocycles. The van der Waals surface area contributed by atoms with Gasteiger partial charge in [0.1, 0.15) is 5.76 Å². The molecule has 19 heavy (non-hydrogen) atoms. The third-order valence-electron chi connectivity index (χ3n) is 2.54. The molecule has 0 saturated heterocycles. The largest absolute Gasteiger partial charge is 0.452 e. The highest BCUT2D eigenvalue weighted by molar-refractivity contribution is 9.10. The van der Waals surface area contributed by atoms with Crippen LogP contribution in [0.2, 0.25) is 5.02 Å². The quantitative estimate of drug-likeness (QED) is 0.867. The fourth-order valence-electron chi connectivity index (χ4n) is 1.70. The molecule has 1 amide bonds. The molecule has 0 aliphatic carbocycles. The molecule has 6 heteroatoms. The van der Waals surface area contributed by atoms with Crippen molar-refractivity contribution in [3.63, 3.8) is 0 Å². The molecule has 1 aromatic heterocycles. The van der Waals surface area contributed by atoms with Crippen molar-refractivity contribution in [2.45, 2.75) is 6.54 Å². The van der Waals surface area contributed by atoms with Crippen molar-refractivity contribution < 1.29 is 9.21 Å². The number of furan rings is 1. The predicted octanol–water partition coefficient (Wildman–Crippen LogP) is 3.55. The summed E-state index contributed by atoms with van der Waals surface area (Å²) in [4.78, 5) is 13.8. The lowest BCUT2D eigenvalue weighted by atomic mass is 10.2. The molecule has 0 bridgehead atoms. The smallest absolute Gasteiger partial charge is 0.254 e. The summed E-state index contributed by atoms with van der Waals surface area (Å²) in [6.07, 6.45) is 0. The number of hydrogen-bond acceptors (Lipinski definition) is 3. The minimum atomic E-state index is -0.165. The molecule has 0 aliphatic rings. The molecule has 0 fully saturated rings. The van der Waals surface area contributed by atoms with E-state index in [-0.39, 0.29) is 5.91 Å². The average molecular weight is 344 g/mol. The number of rotatable bonds is 3. The number of halogens is 2. The highest BCUT2D eigenvalue weighted by Gasteiger charge is 2.14. The summed E-state index contributed by atoms with van der Waals surface area (Å²) in [5, 5.41) is 0.442. The summed E-state index contributed by atoms with van der Waals surface area (Å²) in [5.74, 6) is 0.527. The molecule has 0 radical (unpaired) electrons. The van der Waals surface area contributed by atoms with Gasteiger partial charge in [0.05, 0.1) is 6.54 Å². The van der Waals surface area contributed by atoms with Crippen LogP contribution in [0.3, 0.4) is 0 Å². The molecule has 2 N–H and O–H groups in total. The molecular formula is C13H12BrClN2O2. The van der Waals surface area contributed by atoms with Crippen molar-refractivity contribution in [1.82, 2.24) is 4.90 Å². The lowest BCUT2D eigenvalue weighted by Gasteiger charge is -2.16. The van der Waals surface area contributed by atoms with Crippen LogP contribution in [0.25, 0.3) is 0 Å². The maximum atomic E-state index is 12.2. The number of nitrogens with two attached hydrogens (primary N) is 1. The molecule has 0 saturated carbocycles. The lowest BCUT2D eigenvalue weighted by Crippen LogP contribution is -2.26. The van der Waals surface area contributed by atoms with Crippen LogP contribution < -0.4 is 5.73 Å². The third-order valence-corrected chi connectivity index (χ3v) is 3.18. The summed E-state index contributed by atoms with van der Waals surface area (Å²) in [6.45, 7) is 0.372. The molecule has 0 aliphatic heterocycles. The maximum Gasteiger partial charge on any atom is 0.254 e. The molecule has 0 atom stereocenters. The summed E-state index contributed by atoms with van der Waals surface area (Å²) in [5.41, 5.74) is 6.59. The van der Waals surface area contributed by atoms with Crippen LogP contribution in [-0.2, 0) is 6.54 Å². The SMILES string of the molecule is CN(Cc1ccc(Br)o1)C(=O)c1cc(N)cc(Cl)c1. The number of carbonyl (C=O) groups is 1. The summed E-state index contributed by atoms with van der Waals surface area (Å²) in [7, 11) is 1.69. The fourth-order valence-corrected chi connectivity index (χ4v) is 2.28. The summed E-state index contributed by atoms with van der Waals surface area (Å²) in [6, 6.07) is 8.38. The van der Waals surface area contributed by atoms with Crippen LogP contribution in [-0.4, -0.2) is 17.9 Å². The van der Waals surface area contributed by atoms with E-state index in [0.29, 0.717) is 33.2 Å². The Labute approximate surface area is 124 Å². The first-order valence-corrected chi connectivity index (χ1v) is 6.68. The van der Waals surface area contributed by atoms with Crippen molar-refractivity contribution in [2.75, 3.05) is 12.8 Å². The third kappa shape index (κ3) is 3.52. The van der Waals surface area contributed by atoms with E-state index in [9.17, 15) is 4.79 Å². The van der Waals surface area contributed by atoms with E-state index in [1.165, 1.54) is 4.90 Å². The molecule has 2 rings (SSSR count). The van der Waals surface area contributed by atoms with Gasteiger partial charge in [-0.2, -0.15) is 0 Å². The molecule has 2 aromatic rings. The zero-order chi connectivity index (χ0) is 14.0. The fraction of sp³-hybridized carbons (Fsp3) is 0.154. The second-order valence-electron chi connectivity index (χ2n) is 4.14. The predicted molar refractivity (Wildman–Crippen MR) is 78.1 cm³/mol. The van der Waals surface area contributed by atoms with Crippen molar-refractivity contribution in [1.29, 1.82) is 0 Å². The second-order valence-corrected chi connectivity index (χ2v) is 5.36. The van der Waals surface area contributed by atoms with E-state index in [0.717, 1.165) is 0 Å². The number of amides is 1. The lowest BCUT2D eigenvalue weighted by molar-refractivity contribution is 0.0775. The van der Waals surface area contributed by atoms with Crippen molar-refractivity contribution in [3.05, 3.63) is 51.3 Å². The Morgan fingerprint density at radius 3 is 2.74 bits per heavy atom. The van der Waals surface area contributed by atoms with Gasteiger partial charge in [-0.25, -0.2) is 0 Å². The number of nitrogens with zero attached hydrogens (tertiary/aromatic N) is 1. The van der Waals surface area contributed by atoms with E-state index in [1.807, 2.05) is 0 Å². The Morgan fingerprint density at radius 1 is 1.42 bits per heavy atom. The van der Waals surface area contributed by atoms with Crippen molar-refractivity contribution >= 4 is 39.1 Å². The first kappa shape index (κ1) is 14.0. The van der Waals surface area contributed by atoms with Gasteiger partial charge >= 0.3 is 0 Å². The number of hydrogen-bond donors (Lipinski definition) is 1. The first-order valence-electron chi connectivity index (χ1n) is 5.51. The van der Waals surface area contributed by atoms with Crippen LogP contribution in [0.5, 0.6) is 0 Å². The highest BCUT2D eigenvalue weighted by Crippen LogP contribution is 2.19. The van der Waals surface area contributed by atoms with Crippen molar-refractivity contribution in [3.8, 4) is 0 Å². The van der Waals surface area contributed by atoms with Gasteiger partial charge in [0.15, 0.2) is 4.67 Å². The molecule has 0 unspecified atom stereocenters. The van der Waals surface area contributed by atoms with Crippen LogP contribution >= 0.6 is 27.5 Å². The number of benzene rings is 1. The van der Waals surface area contributed by atoms with Crippen LogP contribution in [0.15, 0.2) is 39.4 Å². The van der Waals surface area contributed by atoms with Gasteiger partial charge in [-0.3, -0.25) is 4.79 Å². The van der Waals surface area contributed by atoms with E-state index < -0.39 is 0 Å². The maximum absolute atomic E-state index is 12.2. The summed E-state index contributed by atoms with van der Waals surface area (Å²) < 4.78 is 5.99. The summed E-state index contributed by atoms with van der Waals surface area (Å²) >= 11 is 9.11. The zero-order valence-electron chi connectivity index (χ0n) is 10.2. The topological polar surface area (TPSA) is 59.5 Å². The Morgan fingerprint density at radius 2 is 2.16 bits per heavy atom. The van der Waals surface area contributed by atoms with Gasteiger partial charge < -0.3 is 15.1 Å². The molecule has 0 spiro atoms. The normalized spacial score (nSPS) is 10.5. The Hall–Kier alpha value is -1.46. The number of nitrogen functional groups attached to an aromatic ring is 1. The van der Waals surface area contributed by atoms with E-state index >= 15 is 0 Å². The average Bonchev–Trinajstić information content (AvgIpc) is 2.72. The Bertz CT molecular complexity index is 592. The number of anilines is 1. The highest BCUT2D eigenvalue weighted by atomic mass is 79.9. The van der Waals surface area contributed by atoms with E-state index in [1.54, 1.807) is 37.4 Å². The van der Waals surface area contributed by atoms with E-state index in [2.05, 4.69) is 15.9 Å². The van der Waals surface area contributed by atoms with E-state index in [4.69, 9.17) is 21.8 Å². The first-order chi connectivity index (χ1) is 8.95. The monoisotopic (exact) mass is 342 g/mol. The van der Waals surface area contributed by atoms with Gasteiger partial charge in [-0.05, 0) is 46.3 Å². The zero-order valence-corrected chi connectivity index (χ0v) is 12.5. The molecule has 100 valence electrons. The van der Waals surface area contributed by atoms with Gasteiger partial charge in [-0.15, -0.1) is 0 Å². The van der Waals surface area contributed by atoms with Crippen LogP contribution in [0.4, 0.5) is 5.69 Å². The van der Waals surface area contributed by atoms with Gasteiger partial charge in [0.2, 0.25) is 0 Å².